The monoisotopic (exact) mass is 226 g/mol. The van der Waals surface area contributed by atoms with E-state index in [9.17, 15) is 9.59 Å². The van der Waals surface area contributed by atoms with Crippen molar-refractivity contribution in [1.29, 1.82) is 0 Å². The zero-order chi connectivity index (χ0) is 11.5. The summed E-state index contributed by atoms with van der Waals surface area (Å²) >= 11 is 0. The molecule has 5 heteroatoms. The highest BCUT2D eigenvalue weighted by molar-refractivity contribution is 5.95. The van der Waals surface area contributed by atoms with Gasteiger partial charge in [0, 0.05) is 19.6 Å². The van der Waals surface area contributed by atoms with Crippen molar-refractivity contribution in [2.45, 2.75) is 32.2 Å². The van der Waals surface area contributed by atoms with Gasteiger partial charge in [-0.15, -0.1) is 0 Å². The maximum absolute atomic E-state index is 12.0. The van der Waals surface area contributed by atoms with Crippen LogP contribution in [0.2, 0.25) is 0 Å². The predicted octanol–water partition coefficient (Wildman–Crippen LogP) is 0.743. The van der Waals surface area contributed by atoms with Crippen LogP contribution in [0.4, 0.5) is 4.79 Å². The van der Waals surface area contributed by atoms with Gasteiger partial charge in [0.1, 0.15) is 0 Å². The van der Waals surface area contributed by atoms with E-state index in [1.165, 1.54) is 4.90 Å². The lowest BCUT2D eigenvalue weighted by atomic mass is 10.0. The van der Waals surface area contributed by atoms with E-state index >= 15 is 0 Å². The summed E-state index contributed by atoms with van der Waals surface area (Å²) in [4.78, 5) is 25.2. The lowest BCUT2D eigenvalue weighted by molar-refractivity contribution is -0.130. The predicted molar refractivity (Wildman–Crippen MR) is 57.9 cm³/mol. The van der Waals surface area contributed by atoms with E-state index in [1.54, 1.807) is 0 Å². The highest BCUT2D eigenvalue weighted by Gasteiger charge is 2.35. The molecule has 2 heterocycles. The number of carbonyl (C=O) groups excluding carboxylic acids is 2. The molecule has 2 fully saturated rings. The van der Waals surface area contributed by atoms with E-state index in [0.717, 1.165) is 12.8 Å². The molecule has 0 radical (unpaired) electrons. The maximum Gasteiger partial charge on any atom is 0.324 e. The van der Waals surface area contributed by atoms with E-state index < -0.39 is 0 Å². The number of hydrogen-bond donors (Lipinski definition) is 1. The lowest BCUT2D eigenvalue weighted by Crippen LogP contribution is -2.48. The molecule has 2 aliphatic heterocycles. The molecule has 1 N–H and O–H groups in total. The third kappa shape index (κ3) is 2.19. The quantitative estimate of drug-likeness (QED) is 0.755. The van der Waals surface area contributed by atoms with Gasteiger partial charge in [0.2, 0.25) is 5.91 Å². The summed E-state index contributed by atoms with van der Waals surface area (Å²) in [7, 11) is 0. The second-order valence-electron chi connectivity index (χ2n) is 4.45. The molecule has 2 unspecified atom stereocenters. The number of rotatable bonds is 2. The SMILES string of the molecule is CCC1CNC(=O)N(C2CCOC2)C(=O)C1. The number of hydrogen-bond acceptors (Lipinski definition) is 3. The van der Waals surface area contributed by atoms with E-state index in [2.05, 4.69) is 5.32 Å². The molecule has 90 valence electrons. The minimum atomic E-state index is -0.253. The summed E-state index contributed by atoms with van der Waals surface area (Å²) in [6.07, 6.45) is 2.14. The number of amides is 3. The fraction of sp³-hybridized carbons (Fsp3) is 0.818. The van der Waals surface area contributed by atoms with Crippen LogP contribution in [0.15, 0.2) is 0 Å². The van der Waals surface area contributed by atoms with Crippen LogP contribution in [-0.2, 0) is 9.53 Å². The largest absolute Gasteiger partial charge is 0.379 e. The number of imide groups is 1. The molecular weight excluding hydrogens is 208 g/mol. The van der Waals surface area contributed by atoms with E-state index in [0.29, 0.717) is 26.2 Å². The van der Waals surface area contributed by atoms with Gasteiger partial charge in [-0.25, -0.2) is 4.79 Å². The Labute approximate surface area is 95.1 Å². The summed E-state index contributed by atoms with van der Waals surface area (Å²) in [5.74, 6) is 0.209. The summed E-state index contributed by atoms with van der Waals surface area (Å²) in [5, 5.41) is 2.81. The van der Waals surface area contributed by atoms with Crippen LogP contribution < -0.4 is 5.32 Å². The number of ether oxygens (including phenoxy) is 1. The van der Waals surface area contributed by atoms with Gasteiger partial charge in [0.25, 0.3) is 0 Å². The number of nitrogens with zero attached hydrogens (tertiary/aromatic N) is 1. The van der Waals surface area contributed by atoms with Crippen molar-refractivity contribution >= 4 is 11.9 Å². The highest BCUT2D eigenvalue weighted by Crippen LogP contribution is 2.19. The molecule has 2 rings (SSSR count). The van der Waals surface area contributed by atoms with Gasteiger partial charge in [0.05, 0.1) is 12.6 Å². The fourth-order valence-corrected chi connectivity index (χ4v) is 2.23. The molecule has 0 aliphatic carbocycles. The number of nitrogens with one attached hydrogen (secondary N) is 1. The van der Waals surface area contributed by atoms with Crippen molar-refractivity contribution in [3.63, 3.8) is 0 Å². The first kappa shape index (κ1) is 11.4. The molecule has 0 bridgehead atoms. The molecule has 0 spiro atoms. The molecule has 0 saturated carbocycles. The average Bonchev–Trinajstić information content (AvgIpc) is 2.73. The van der Waals surface area contributed by atoms with Gasteiger partial charge >= 0.3 is 6.03 Å². The third-order valence-electron chi connectivity index (χ3n) is 3.34. The van der Waals surface area contributed by atoms with E-state index in [4.69, 9.17) is 4.74 Å². The van der Waals surface area contributed by atoms with Gasteiger partial charge in [-0.1, -0.05) is 13.3 Å². The Bertz CT molecular complexity index is 287. The molecule has 0 aromatic carbocycles. The van der Waals surface area contributed by atoms with Crippen molar-refractivity contribution < 1.29 is 14.3 Å². The fourth-order valence-electron chi connectivity index (χ4n) is 2.23. The minimum Gasteiger partial charge on any atom is -0.379 e. The van der Waals surface area contributed by atoms with Crippen molar-refractivity contribution in [1.82, 2.24) is 10.2 Å². The zero-order valence-electron chi connectivity index (χ0n) is 9.57. The molecule has 2 aliphatic rings. The Kier molecular flexibility index (Phi) is 3.43. The first-order chi connectivity index (χ1) is 7.72. The van der Waals surface area contributed by atoms with Crippen molar-refractivity contribution in [3.8, 4) is 0 Å². The summed E-state index contributed by atoms with van der Waals surface area (Å²) < 4.78 is 5.23. The van der Waals surface area contributed by atoms with Crippen molar-refractivity contribution in [2.24, 2.45) is 5.92 Å². The van der Waals surface area contributed by atoms with Crippen LogP contribution in [0.25, 0.3) is 0 Å². The van der Waals surface area contributed by atoms with Crippen LogP contribution in [0.3, 0.4) is 0 Å². The second-order valence-corrected chi connectivity index (χ2v) is 4.45. The summed E-state index contributed by atoms with van der Waals surface area (Å²) in [6.45, 7) is 3.76. The van der Waals surface area contributed by atoms with Gasteiger partial charge < -0.3 is 10.1 Å². The standard InChI is InChI=1S/C11H18N2O3/c1-2-8-5-10(14)13(11(15)12-6-8)9-3-4-16-7-9/h8-9H,2-7H2,1H3,(H,12,15). The van der Waals surface area contributed by atoms with Gasteiger partial charge in [-0.3, -0.25) is 9.69 Å². The molecular formula is C11H18N2O3. The number of carbonyl (C=O) groups is 2. The first-order valence-electron chi connectivity index (χ1n) is 5.90. The summed E-state index contributed by atoms with van der Waals surface area (Å²) in [5.41, 5.74) is 0. The molecule has 3 amide bonds. The molecule has 2 saturated heterocycles. The van der Waals surface area contributed by atoms with Crippen LogP contribution in [0, 0.1) is 5.92 Å². The summed E-state index contributed by atoms with van der Waals surface area (Å²) in [6, 6.07) is -0.320. The maximum atomic E-state index is 12.0. The normalized spacial score (nSPS) is 31.4. The Morgan fingerprint density at radius 2 is 2.31 bits per heavy atom. The van der Waals surface area contributed by atoms with Crippen LogP contribution in [0.5, 0.6) is 0 Å². The third-order valence-corrected chi connectivity index (χ3v) is 3.34. The Balaban J connectivity index is 2.09. The highest BCUT2D eigenvalue weighted by atomic mass is 16.5. The van der Waals surface area contributed by atoms with Gasteiger partial charge in [-0.05, 0) is 12.3 Å². The van der Waals surface area contributed by atoms with Crippen LogP contribution in [0.1, 0.15) is 26.2 Å². The molecule has 0 aromatic heterocycles. The van der Waals surface area contributed by atoms with Gasteiger partial charge in [-0.2, -0.15) is 0 Å². The lowest BCUT2D eigenvalue weighted by Gasteiger charge is -2.23. The minimum absolute atomic E-state index is 0.0580. The smallest absolute Gasteiger partial charge is 0.324 e. The average molecular weight is 226 g/mol. The Morgan fingerprint density at radius 1 is 1.50 bits per heavy atom. The molecule has 16 heavy (non-hydrogen) atoms. The number of urea groups is 1. The van der Waals surface area contributed by atoms with Crippen molar-refractivity contribution in [3.05, 3.63) is 0 Å². The van der Waals surface area contributed by atoms with Crippen molar-refractivity contribution in [2.75, 3.05) is 19.8 Å². The molecule has 0 aromatic rings. The van der Waals surface area contributed by atoms with Gasteiger partial charge in [0.15, 0.2) is 0 Å². The Morgan fingerprint density at radius 3 is 2.94 bits per heavy atom. The molecule has 2 atom stereocenters. The zero-order valence-corrected chi connectivity index (χ0v) is 9.57. The van der Waals surface area contributed by atoms with E-state index in [1.807, 2.05) is 6.92 Å². The second kappa shape index (κ2) is 4.82. The van der Waals surface area contributed by atoms with Crippen LogP contribution in [-0.4, -0.2) is 42.6 Å². The topological polar surface area (TPSA) is 58.6 Å². The van der Waals surface area contributed by atoms with E-state index in [-0.39, 0.29) is 23.9 Å². The first-order valence-corrected chi connectivity index (χ1v) is 5.90. The Hall–Kier alpha value is -1.10. The van der Waals surface area contributed by atoms with Crippen LogP contribution >= 0.6 is 0 Å². The molecule has 5 nitrogen and oxygen atoms in total.